The quantitative estimate of drug-likeness (QED) is 0.386. The summed E-state index contributed by atoms with van der Waals surface area (Å²) in [6, 6.07) is 10.6. The second-order valence-electron chi connectivity index (χ2n) is 6.85. The SMILES string of the molecule is O=C(Nc1cccc(C#CCc2cncc3[nH]ncc23)c1)Nc1cccc(C(F)(F)F)c1. The van der Waals surface area contributed by atoms with Crippen LogP contribution in [0.1, 0.15) is 16.7 Å². The number of H-pyrrole nitrogens is 1. The first-order chi connectivity index (χ1) is 15.4. The summed E-state index contributed by atoms with van der Waals surface area (Å²) in [6.45, 7) is 0. The van der Waals surface area contributed by atoms with E-state index in [9.17, 15) is 18.0 Å². The highest BCUT2D eigenvalue weighted by atomic mass is 19.4. The molecule has 0 aliphatic carbocycles. The molecule has 0 spiro atoms. The van der Waals surface area contributed by atoms with Crippen molar-refractivity contribution in [2.45, 2.75) is 12.6 Å². The lowest BCUT2D eigenvalue weighted by Crippen LogP contribution is -2.19. The Morgan fingerprint density at radius 1 is 1.00 bits per heavy atom. The normalized spacial score (nSPS) is 11.0. The van der Waals surface area contributed by atoms with Crippen LogP contribution in [0.5, 0.6) is 0 Å². The van der Waals surface area contributed by atoms with Crippen LogP contribution in [0.3, 0.4) is 0 Å². The topological polar surface area (TPSA) is 82.7 Å². The molecule has 3 N–H and O–H groups in total. The van der Waals surface area contributed by atoms with Crippen LogP contribution in [0, 0.1) is 11.8 Å². The molecule has 0 fully saturated rings. The highest BCUT2D eigenvalue weighted by Gasteiger charge is 2.30. The molecule has 0 radical (unpaired) electrons. The van der Waals surface area contributed by atoms with E-state index in [2.05, 4.69) is 37.7 Å². The Morgan fingerprint density at radius 3 is 2.53 bits per heavy atom. The molecule has 9 heteroatoms. The number of carbonyl (C=O) groups is 1. The van der Waals surface area contributed by atoms with Gasteiger partial charge < -0.3 is 10.6 Å². The van der Waals surface area contributed by atoms with Crippen molar-refractivity contribution in [3.8, 4) is 11.8 Å². The number of urea groups is 1. The molecule has 0 unspecified atom stereocenters. The van der Waals surface area contributed by atoms with Crippen LogP contribution in [0.15, 0.2) is 67.1 Å². The molecule has 0 saturated heterocycles. The molecule has 0 atom stereocenters. The standard InChI is InChI=1S/C23H16F3N5O/c24-23(25,26)17-7-3-9-19(11-17)30-22(32)29-18-8-2-5-15(10-18)4-1-6-16-12-27-14-21-20(16)13-28-31-21/h2-3,5,7-14H,6H2,(H,28,31)(H2,29,30,32). The maximum absolute atomic E-state index is 12.8. The van der Waals surface area contributed by atoms with Crippen molar-refractivity contribution in [3.63, 3.8) is 0 Å². The van der Waals surface area contributed by atoms with Crippen LogP contribution in [0.25, 0.3) is 10.9 Å². The van der Waals surface area contributed by atoms with Crippen molar-refractivity contribution in [1.29, 1.82) is 0 Å². The van der Waals surface area contributed by atoms with Gasteiger partial charge in [0.25, 0.3) is 0 Å². The van der Waals surface area contributed by atoms with E-state index in [1.54, 1.807) is 42.9 Å². The summed E-state index contributed by atoms with van der Waals surface area (Å²) < 4.78 is 38.5. The average Bonchev–Trinajstić information content (AvgIpc) is 3.23. The maximum Gasteiger partial charge on any atom is 0.416 e. The predicted octanol–water partition coefficient (Wildman–Crippen LogP) is 5.21. The zero-order valence-corrected chi connectivity index (χ0v) is 16.5. The first kappa shape index (κ1) is 20.9. The number of hydrogen-bond donors (Lipinski definition) is 3. The summed E-state index contributed by atoms with van der Waals surface area (Å²) in [6.07, 6.45) is 1.14. The minimum atomic E-state index is -4.49. The van der Waals surface area contributed by atoms with E-state index >= 15 is 0 Å². The number of aromatic nitrogens is 3. The average molecular weight is 435 g/mol. The van der Waals surface area contributed by atoms with Gasteiger partial charge in [0.15, 0.2) is 0 Å². The number of hydrogen-bond acceptors (Lipinski definition) is 3. The Labute approximate surface area is 180 Å². The van der Waals surface area contributed by atoms with Gasteiger partial charge in [-0.25, -0.2) is 4.79 Å². The summed E-state index contributed by atoms with van der Waals surface area (Å²) in [5, 5.41) is 12.8. The molecular formula is C23H16F3N5O. The molecule has 2 aromatic carbocycles. The van der Waals surface area contributed by atoms with Gasteiger partial charge in [-0.05, 0) is 42.0 Å². The van der Waals surface area contributed by atoms with Gasteiger partial charge >= 0.3 is 12.2 Å². The van der Waals surface area contributed by atoms with Gasteiger partial charge in [-0.15, -0.1) is 0 Å². The molecule has 160 valence electrons. The Balaban J connectivity index is 1.41. The second-order valence-corrected chi connectivity index (χ2v) is 6.85. The van der Waals surface area contributed by atoms with E-state index in [4.69, 9.17) is 0 Å². The largest absolute Gasteiger partial charge is 0.416 e. The lowest BCUT2D eigenvalue weighted by molar-refractivity contribution is -0.137. The minimum Gasteiger partial charge on any atom is -0.308 e. The van der Waals surface area contributed by atoms with Crippen LogP contribution >= 0.6 is 0 Å². The second kappa shape index (κ2) is 8.81. The number of carbonyl (C=O) groups excluding carboxylic acids is 1. The molecular weight excluding hydrogens is 419 g/mol. The monoisotopic (exact) mass is 435 g/mol. The number of anilines is 2. The molecule has 0 bridgehead atoms. The van der Waals surface area contributed by atoms with Crippen molar-refractivity contribution < 1.29 is 18.0 Å². The molecule has 2 aromatic heterocycles. The fraction of sp³-hybridized carbons (Fsp3) is 0.0870. The minimum absolute atomic E-state index is 0.0373. The Morgan fingerprint density at radius 2 is 1.75 bits per heavy atom. The number of halogens is 3. The fourth-order valence-corrected chi connectivity index (χ4v) is 3.05. The zero-order chi connectivity index (χ0) is 22.6. The summed E-state index contributed by atoms with van der Waals surface area (Å²) in [7, 11) is 0. The van der Waals surface area contributed by atoms with E-state index < -0.39 is 17.8 Å². The number of rotatable bonds is 3. The number of fused-ring (bicyclic) bond motifs is 1. The number of nitrogens with one attached hydrogen (secondary N) is 3. The van der Waals surface area contributed by atoms with Gasteiger partial charge in [-0.1, -0.05) is 24.0 Å². The zero-order valence-electron chi connectivity index (χ0n) is 16.5. The summed E-state index contributed by atoms with van der Waals surface area (Å²) in [4.78, 5) is 16.4. The van der Waals surface area contributed by atoms with Crippen LogP contribution in [-0.4, -0.2) is 21.2 Å². The summed E-state index contributed by atoms with van der Waals surface area (Å²) in [5.74, 6) is 6.11. The first-order valence-electron chi connectivity index (χ1n) is 9.49. The molecule has 0 aliphatic rings. The number of nitrogens with zero attached hydrogens (tertiary/aromatic N) is 2. The number of alkyl halides is 3. The molecule has 0 aliphatic heterocycles. The third-order valence-corrected chi connectivity index (χ3v) is 4.53. The van der Waals surface area contributed by atoms with Gasteiger partial charge in [0.2, 0.25) is 0 Å². The summed E-state index contributed by atoms with van der Waals surface area (Å²) in [5.41, 5.74) is 2.11. The number of pyridine rings is 1. The third kappa shape index (κ3) is 5.05. The van der Waals surface area contributed by atoms with Crippen molar-refractivity contribution >= 4 is 28.3 Å². The Kier molecular flexibility index (Phi) is 5.77. The van der Waals surface area contributed by atoms with Gasteiger partial charge in [0.1, 0.15) is 0 Å². The van der Waals surface area contributed by atoms with E-state index in [1.807, 2.05) is 0 Å². The van der Waals surface area contributed by atoms with E-state index in [0.717, 1.165) is 28.6 Å². The highest BCUT2D eigenvalue weighted by Crippen LogP contribution is 2.30. The maximum atomic E-state index is 12.8. The van der Waals surface area contributed by atoms with Crippen molar-refractivity contribution in [2.24, 2.45) is 0 Å². The number of benzene rings is 2. The van der Waals surface area contributed by atoms with Crippen molar-refractivity contribution in [3.05, 3.63) is 83.8 Å². The molecule has 6 nitrogen and oxygen atoms in total. The third-order valence-electron chi connectivity index (χ3n) is 4.53. The molecule has 2 heterocycles. The predicted molar refractivity (Wildman–Crippen MR) is 115 cm³/mol. The molecule has 0 saturated carbocycles. The number of aromatic amines is 1. The van der Waals surface area contributed by atoms with Crippen LogP contribution in [-0.2, 0) is 12.6 Å². The summed E-state index contributed by atoms with van der Waals surface area (Å²) >= 11 is 0. The van der Waals surface area contributed by atoms with E-state index in [-0.39, 0.29) is 5.69 Å². The molecule has 4 rings (SSSR count). The molecule has 2 amide bonds. The van der Waals surface area contributed by atoms with Crippen LogP contribution < -0.4 is 10.6 Å². The van der Waals surface area contributed by atoms with Gasteiger partial charge in [-0.3, -0.25) is 10.1 Å². The van der Waals surface area contributed by atoms with Gasteiger partial charge in [0.05, 0.1) is 23.5 Å². The number of amides is 2. The molecule has 32 heavy (non-hydrogen) atoms. The van der Waals surface area contributed by atoms with Crippen LogP contribution in [0.4, 0.5) is 29.3 Å². The van der Waals surface area contributed by atoms with Crippen molar-refractivity contribution in [2.75, 3.05) is 10.6 Å². The Hall–Kier alpha value is -4.32. The fourth-order valence-electron chi connectivity index (χ4n) is 3.05. The smallest absolute Gasteiger partial charge is 0.308 e. The van der Waals surface area contributed by atoms with Gasteiger partial charge in [-0.2, -0.15) is 18.3 Å². The van der Waals surface area contributed by atoms with Gasteiger partial charge in [0, 0.05) is 34.9 Å². The molecule has 4 aromatic rings. The lowest BCUT2D eigenvalue weighted by atomic mass is 10.1. The highest BCUT2D eigenvalue weighted by molar-refractivity contribution is 5.99. The van der Waals surface area contributed by atoms with Crippen LogP contribution in [0.2, 0.25) is 0 Å². The van der Waals surface area contributed by atoms with E-state index in [0.29, 0.717) is 17.7 Å². The first-order valence-corrected chi connectivity index (χ1v) is 9.49. The lowest BCUT2D eigenvalue weighted by Gasteiger charge is -2.11. The van der Waals surface area contributed by atoms with E-state index in [1.165, 1.54) is 12.1 Å². The Bertz CT molecular complexity index is 1330. The van der Waals surface area contributed by atoms with Crippen molar-refractivity contribution in [1.82, 2.24) is 15.2 Å².